The Morgan fingerprint density at radius 2 is 2.05 bits per heavy atom. The van der Waals surface area contributed by atoms with Crippen molar-refractivity contribution >= 4 is 23.6 Å². The van der Waals surface area contributed by atoms with E-state index in [-0.39, 0.29) is 17.7 Å². The van der Waals surface area contributed by atoms with Crippen LogP contribution in [-0.2, 0) is 14.3 Å². The number of esters is 1. The molecule has 1 amide bonds. The van der Waals surface area contributed by atoms with E-state index in [1.54, 1.807) is 18.2 Å². The summed E-state index contributed by atoms with van der Waals surface area (Å²) in [5.74, 6) is -0.131. The fourth-order valence-electron chi connectivity index (χ4n) is 1.47. The molecule has 0 saturated heterocycles. The van der Waals surface area contributed by atoms with E-state index in [2.05, 4.69) is 10.1 Å². The van der Waals surface area contributed by atoms with E-state index < -0.39 is 0 Å². The zero-order valence-electron chi connectivity index (χ0n) is 11.4. The number of nitrogens with one attached hydrogen (secondary N) is 1. The maximum absolute atomic E-state index is 13.3. The summed E-state index contributed by atoms with van der Waals surface area (Å²) in [4.78, 5) is 22.9. The molecule has 1 aromatic carbocycles. The molecule has 0 heterocycles. The van der Waals surface area contributed by atoms with Crippen LogP contribution in [-0.4, -0.2) is 31.3 Å². The average molecular weight is 299 g/mol. The van der Waals surface area contributed by atoms with Gasteiger partial charge in [-0.2, -0.15) is 0 Å². The van der Waals surface area contributed by atoms with Crippen LogP contribution in [0.25, 0.3) is 0 Å². The number of methoxy groups -OCH3 is 1. The Hall–Kier alpha value is -1.56. The fourth-order valence-corrected chi connectivity index (χ4v) is 2.35. The molecule has 0 atom stereocenters. The summed E-state index contributed by atoms with van der Waals surface area (Å²) < 4.78 is 17.8. The Labute approximate surface area is 122 Å². The zero-order valence-corrected chi connectivity index (χ0v) is 12.2. The third kappa shape index (κ3) is 6.56. The first kappa shape index (κ1) is 16.5. The lowest BCUT2D eigenvalue weighted by molar-refractivity contribution is -0.140. The van der Waals surface area contributed by atoms with Gasteiger partial charge in [0.2, 0.25) is 5.91 Å². The van der Waals surface area contributed by atoms with Gasteiger partial charge < -0.3 is 10.1 Å². The predicted octanol–water partition coefficient (Wildman–Crippen LogP) is 2.38. The highest BCUT2D eigenvalue weighted by atomic mass is 32.2. The maximum Gasteiger partial charge on any atom is 0.305 e. The molecule has 0 aliphatic carbocycles. The average Bonchev–Trinajstić information content (AvgIpc) is 2.45. The van der Waals surface area contributed by atoms with Crippen LogP contribution < -0.4 is 5.32 Å². The van der Waals surface area contributed by atoms with Crippen molar-refractivity contribution < 1.29 is 18.7 Å². The van der Waals surface area contributed by atoms with E-state index in [1.807, 2.05) is 0 Å². The quantitative estimate of drug-likeness (QED) is 0.455. The molecular formula is C14H18FNO3S. The third-order valence-corrected chi connectivity index (χ3v) is 3.58. The molecule has 6 heteroatoms. The first-order chi connectivity index (χ1) is 9.63. The minimum atomic E-state index is -0.283. The fraction of sp³-hybridized carbons (Fsp3) is 0.429. The van der Waals surface area contributed by atoms with Gasteiger partial charge in [-0.25, -0.2) is 4.39 Å². The van der Waals surface area contributed by atoms with Crippen LogP contribution >= 0.6 is 11.8 Å². The van der Waals surface area contributed by atoms with Crippen molar-refractivity contribution in [1.29, 1.82) is 0 Å². The molecule has 0 saturated carbocycles. The smallest absolute Gasteiger partial charge is 0.305 e. The number of rotatable bonds is 8. The minimum absolute atomic E-state index is 0.0984. The van der Waals surface area contributed by atoms with E-state index >= 15 is 0 Å². The van der Waals surface area contributed by atoms with Crippen LogP contribution in [0.15, 0.2) is 29.2 Å². The van der Waals surface area contributed by atoms with Gasteiger partial charge in [0.15, 0.2) is 0 Å². The summed E-state index contributed by atoms with van der Waals surface area (Å²) in [7, 11) is 1.33. The molecule has 4 nitrogen and oxygen atoms in total. The van der Waals surface area contributed by atoms with Gasteiger partial charge in [0.25, 0.3) is 0 Å². The van der Waals surface area contributed by atoms with E-state index in [1.165, 1.54) is 24.9 Å². The van der Waals surface area contributed by atoms with E-state index in [0.717, 1.165) is 0 Å². The van der Waals surface area contributed by atoms with Crippen molar-refractivity contribution in [3.63, 3.8) is 0 Å². The Kier molecular flexibility index (Phi) is 7.72. The van der Waals surface area contributed by atoms with Crippen LogP contribution in [0, 0.1) is 5.82 Å². The van der Waals surface area contributed by atoms with Crippen molar-refractivity contribution in [3.05, 3.63) is 30.1 Å². The second-order valence-electron chi connectivity index (χ2n) is 4.06. The standard InChI is InChI=1S/C14H18FNO3S/c1-19-14(18)7-4-9-16-13(17)8-10-20-12-6-3-2-5-11(12)15/h2-3,5-6H,4,7-10H2,1H3,(H,16,17). The summed E-state index contributed by atoms with van der Waals surface area (Å²) in [6.45, 7) is 0.443. The molecule has 1 rings (SSSR count). The highest BCUT2D eigenvalue weighted by Crippen LogP contribution is 2.21. The number of amides is 1. The normalized spacial score (nSPS) is 10.1. The number of ether oxygens (including phenoxy) is 1. The van der Waals surface area contributed by atoms with Gasteiger partial charge in [0.1, 0.15) is 5.82 Å². The van der Waals surface area contributed by atoms with Crippen LogP contribution in [0.5, 0.6) is 0 Å². The lowest BCUT2D eigenvalue weighted by atomic mass is 10.3. The summed E-state index contributed by atoms with van der Waals surface area (Å²) in [5.41, 5.74) is 0. The number of hydrogen-bond donors (Lipinski definition) is 1. The summed E-state index contributed by atoms with van der Waals surface area (Å²) in [6.07, 6.45) is 1.16. The summed E-state index contributed by atoms with van der Waals surface area (Å²) >= 11 is 1.31. The van der Waals surface area contributed by atoms with E-state index in [0.29, 0.717) is 36.5 Å². The third-order valence-electron chi connectivity index (χ3n) is 2.53. The van der Waals surface area contributed by atoms with Crippen molar-refractivity contribution in [2.45, 2.75) is 24.2 Å². The first-order valence-electron chi connectivity index (χ1n) is 6.34. The lowest BCUT2D eigenvalue weighted by Gasteiger charge is -2.05. The lowest BCUT2D eigenvalue weighted by Crippen LogP contribution is -2.25. The van der Waals surface area contributed by atoms with Crippen molar-refractivity contribution in [2.75, 3.05) is 19.4 Å². The van der Waals surface area contributed by atoms with Crippen molar-refractivity contribution in [1.82, 2.24) is 5.32 Å². The predicted molar refractivity (Wildman–Crippen MR) is 76.0 cm³/mol. The molecule has 0 fully saturated rings. The molecule has 0 aliphatic heterocycles. The number of carbonyl (C=O) groups is 2. The van der Waals surface area contributed by atoms with Gasteiger partial charge >= 0.3 is 5.97 Å². The first-order valence-corrected chi connectivity index (χ1v) is 7.33. The van der Waals surface area contributed by atoms with Gasteiger partial charge in [-0.05, 0) is 18.6 Å². The van der Waals surface area contributed by atoms with Gasteiger partial charge in [-0.1, -0.05) is 12.1 Å². The number of halogens is 1. The van der Waals surface area contributed by atoms with E-state index in [9.17, 15) is 14.0 Å². The Morgan fingerprint density at radius 3 is 2.75 bits per heavy atom. The van der Waals surface area contributed by atoms with Gasteiger partial charge in [0, 0.05) is 30.0 Å². The molecule has 110 valence electrons. The molecule has 20 heavy (non-hydrogen) atoms. The minimum Gasteiger partial charge on any atom is -0.469 e. The molecule has 0 unspecified atom stereocenters. The topological polar surface area (TPSA) is 55.4 Å². The highest BCUT2D eigenvalue weighted by Gasteiger charge is 2.05. The summed E-state index contributed by atoms with van der Waals surface area (Å²) in [5, 5.41) is 2.71. The van der Waals surface area contributed by atoms with Gasteiger partial charge in [0.05, 0.1) is 7.11 Å². The van der Waals surface area contributed by atoms with Crippen LogP contribution in [0.2, 0.25) is 0 Å². The van der Waals surface area contributed by atoms with E-state index in [4.69, 9.17) is 0 Å². The number of carbonyl (C=O) groups excluding carboxylic acids is 2. The molecule has 0 bridgehead atoms. The van der Waals surface area contributed by atoms with Crippen molar-refractivity contribution in [3.8, 4) is 0 Å². The summed E-state index contributed by atoms with van der Waals surface area (Å²) in [6, 6.07) is 6.48. The molecule has 0 radical (unpaired) electrons. The Bertz CT molecular complexity index is 454. The number of thioether (sulfide) groups is 1. The van der Waals surface area contributed by atoms with Crippen LogP contribution in [0.3, 0.4) is 0 Å². The zero-order chi connectivity index (χ0) is 14.8. The number of benzene rings is 1. The van der Waals surface area contributed by atoms with Gasteiger partial charge in [-0.15, -0.1) is 11.8 Å². The monoisotopic (exact) mass is 299 g/mol. The van der Waals surface area contributed by atoms with Crippen molar-refractivity contribution in [2.24, 2.45) is 0 Å². The van der Waals surface area contributed by atoms with Crippen LogP contribution in [0.4, 0.5) is 4.39 Å². The molecule has 0 aliphatic rings. The van der Waals surface area contributed by atoms with Gasteiger partial charge in [-0.3, -0.25) is 9.59 Å². The van der Waals surface area contributed by atoms with Crippen LogP contribution in [0.1, 0.15) is 19.3 Å². The Morgan fingerprint density at radius 1 is 1.30 bits per heavy atom. The SMILES string of the molecule is COC(=O)CCCNC(=O)CCSc1ccccc1F. The Balaban J connectivity index is 2.11. The molecule has 1 N–H and O–H groups in total. The highest BCUT2D eigenvalue weighted by molar-refractivity contribution is 7.99. The molecule has 0 aromatic heterocycles. The molecule has 1 aromatic rings. The number of hydrogen-bond acceptors (Lipinski definition) is 4. The largest absolute Gasteiger partial charge is 0.469 e. The second-order valence-corrected chi connectivity index (χ2v) is 5.20. The molecule has 0 spiro atoms. The maximum atomic E-state index is 13.3. The second kappa shape index (κ2) is 9.36. The molecular weight excluding hydrogens is 281 g/mol.